The van der Waals surface area contributed by atoms with Gasteiger partial charge >= 0.3 is 0 Å². The number of aryl methyl sites for hydroxylation is 1. The molecule has 0 unspecified atom stereocenters. The number of para-hydroxylation sites is 1. The van der Waals surface area contributed by atoms with Crippen LogP contribution >= 0.6 is 0 Å². The summed E-state index contributed by atoms with van der Waals surface area (Å²) in [5, 5.41) is 0. The molecule has 3 heteroatoms. The molecule has 0 bridgehead atoms. The second-order valence-electron chi connectivity index (χ2n) is 5.64. The van der Waals surface area contributed by atoms with Crippen LogP contribution in [0.1, 0.15) is 25.0 Å². The number of carbonyl (C=O) groups excluding carboxylic acids is 1. The highest BCUT2D eigenvalue weighted by atomic mass is 16.5. The average molecular weight is 296 g/mol. The van der Waals surface area contributed by atoms with Crippen LogP contribution in [0.5, 0.6) is 11.5 Å². The largest absolute Gasteiger partial charge is 0.480 e. The van der Waals surface area contributed by atoms with Gasteiger partial charge in [0.2, 0.25) is 0 Å². The summed E-state index contributed by atoms with van der Waals surface area (Å²) in [4.78, 5) is 10.9. The second kappa shape index (κ2) is 6.48. The van der Waals surface area contributed by atoms with Crippen molar-refractivity contribution in [3.8, 4) is 11.5 Å². The molecule has 2 rings (SSSR count). The van der Waals surface area contributed by atoms with Crippen molar-refractivity contribution in [3.63, 3.8) is 0 Å². The van der Waals surface area contributed by atoms with E-state index in [2.05, 4.69) is 6.58 Å². The molecule has 0 atom stereocenters. The van der Waals surface area contributed by atoms with Gasteiger partial charge in [0, 0.05) is 5.56 Å². The third-order valence-electron chi connectivity index (χ3n) is 3.17. The molecule has 2 aromatic rings. The smallest absolute Gasteiger partial charge is 0.162 e. The van der Waals surface area contributed by atoms with Crippen LogP contribution < -0.4 is 9.47 Å². The number of hydrogen-bond acceptors (Lipinski definition) is 3. The van der Waals surface area contributed by atoms with Gasteiger partial charge in [0.15, 0.2) is 11.9 Å². The molecule has 0 aliphatic heterocycles. The third kappa shape index (κ3) is 3.98. The van der Waals surface area contributed by atoms with Crippen LogP contribution in [0.2, 0.25) is 0 Å². The number of hydrogen-bond donors (Lipinski definition) is 0. The lowest BCUT2D eigenvalue weighted by Gasteiger charge is -2.20. The van der Waals surface area contributed by atoms with Gasteiger partial charge in [-0.1, -0.05) is 24.8 Å². The SMILES string of the molecule is C=C(Oc1ccccc1C)c1ccc(OC(C)(C)C=O)cc1. The number of aldehydes is 1. The molecule has 0 saturated carbocycles. The molecule has 0 radical (unpaired) electrons. The Morgan fingerprint density at radius 3 is 2.32 bits per heavy atom. The Balaban J connectivity index is 2.09. The summed E-state index contributed by atoms with van der Waals surface area (Å²) in [6, 6.07) is 15.1. The molecule has 0 aliphatic carbocycles. The molecule has 2 aromatic carbocycles. The summed E-state index contributed by atoms with van der Waals surface area (Å²) < 4.78 is 11.4. The van der Waals surface area contributed by atoms with Crippen molar-refractivity contribution >= 4 is 12.0 Å². The van der Waals surface area contributed by atoms with Gasteiger partial charge in [0.05, 0.1) is 0 Å². The first-order valence-electron chi connectivity index (χ1n) is 7.09. The van der Waals surface area contributed by atoms with E-state index in [-0.39, 0.29) is 0 Å². The Morgan fingerprint density at radius 1 is 1.09 bits per heavy atom. The van der Waals surface area contributed by atoms with Gasteiger partial charge in [-0.05, 0) is 56.7 Å². The zero-order valence-corrected chi connectivity index (χ0v) is 13.1. The molecule has 0 saturated heterocycles. The van der Waals surface area contributed by atoms with Gasteiger partial charge in [-0.15, -0.1) is 0 Å². The van der Waals surface area contributed by atoms with Gasteiger partial charge in [-0.25, -0.2) is 0 Å². The van der Waals surface area contributed by atoms with Crippen molar-refractivity contribution in [2.45, 2.75) is 26.4 Å². The first kappa shape index (κ1) is 15.8. The molecule has 0 spiro atoms. The quantitative estimate of drug-likeness (QED) is 0.585. The van der Waals surface area contributed by atoms with Crippen LogP contribution in [-0.2, 0) is 4.79 Å². The van der Waals surface area contributed by atoms with Crippen LogP contribution in [0, 0.1) is 6.92 Å². The van der Waals surface area contributed by atoms with Crippen molar-refractivity contribution in [2.24, 2.45) is 0 Å². The van der Waals surface area contributed by atoms with E-state index in [1.807, 2.05) is 43.3 Å². The Bertz CT molecular complexity index is 669. The third-order valence-corrected chi connectivity index (χ3v) is 3.17. The fourth-order valence-corrected chi connectivity index (χ4v) is 1.90. The Morgan fingerprint density at radius 2 is 1.73 bits per heavy atom. The maximum atomic E-state index is 10.9. The molecule has 0 heterocycles. The summed E-state index contributed by atoms with van der Waals surface area (Å²) >= 11 is 0. The van der Waals surface area contributed by atoms with E-state index in [1.165, 1.54) is 0 Å². The fraction of sp³-hybridized carbons (Fsp3) is 0.211. The van der Waals surface area contributed by atoms with Gasteiger partial charge in [-0.2, -0.15) is 0 Å². The van der Waals surface area contributed by atoms with Gasteiger partial charge < -0.3 is 9.47 Å². The molecule has 0 N–H and O–H groups in total. The van der Waals surface area contributed by atoms with Crippen molar-refractivity contribution in [1.82, 2.24) is 0 Å². The number of ether oxygens (including phenoxy) is 2. The van der Waals surface area contributed by atoms with Gasteiger partial charge in [0.1, 0.15) is 17.3 Å². The summed E-state index contributed by atoms with van der Waals surface area (Å²) in [5.41, 5.74) is 1.08. The predicted octanol–water partition coefficient (Wildman–Crippen LogP) is 4.40. The van der Waals surface area contributed by atoms with E-state index in [4.69, 9.17) is 9.47 Å². The minimum absolute atomic E-state index is 0.565. The molecule has 114 valence electrons. The summed E-state index contributed by atoms with van der Waals surface area (Å²) in [6.45, 7) is 9.38. The zero-order valence-electron chi connectivity index (χ0n) is 13.1. The van der Waals surface area contributed by atoms with Crippen LogP contribution in [0.15, 0.2) is 55.1 Å². The highest BCUT2D eigenvalue weighted by Crippen LogP contribution is 2.25. The van der Waals surface area contributed by atoms with Crippen molar-refractivity contribution in [1.29, 1.82) is 0 Å². The van der Waals surface area contributed by atoms with E-state index < -0.39 is 5.60 Å². The molecular formula is C19H20O3. The average Bonchev–Trinajstić information content (AvgIpc) is 2.50. The minimum Gasteiger partial charge on any atom is -0.480 e. The predicted molar refractivity (Wildman–Crippen MR) is 88.1 cm³/mol. The fourth-order valence-electron chi connectivity index (χ4n) is 1.90. The molecule has 0 amide bonds. The summed E-state index contributed by atoms with van der Waals surface area (Å²) in [6.07, 6.45) is 0.779. The molecule has 0 aromatic heterocycles. The Kier molecular flexibility index (Phi) is 4.66. The minimum atomic E-state index is -0.837. The molecular weight excluding hydrogens is 276 g/mol. The second-order valence-corrected chi connectivity index (χ2v) is 5.64. The van der Waals surface area contributed by atoms with Gasteiger partial charge in [0.25, 0.3) is 0 Å². The van der Waals surface area contributed by atoms with Crippen molar-refractivity contribution in [2.75, 3.05) is 0 Å². The van der Waals surface area contributed by atoms with Crippen LogP contribution in [0.3, 0.4) is 0 Å². The van der Waals surface area contributed by atoms with E-state index in [0.29, 0.717) is 11.5 Å². The molecule has 0 fully saturated rings. The van der Waals surface area contributed by atoms with Crippen molar-refractivity contribution in [3.05, 3.63) is 66.2 Å². The number of benzene rings is 2. The molecule has 3 nitrogen and oxygen atoms in total. The van der Waals surface area contributed by atoms with E-state index in [9.17, 15) is 4.79 Å². The topological polar surface area (TPSA) is 35.5 Å². The lowest BCUT2D eigenvalue weighted by atomic mass is 10.1. The normalized spacial score (nSPS) is 10.9. The van der Waals surface area contributed by atoms with Crippen LogP contribution in [0.4, 0.5) is 0 Å². The highest BCUT2D eigenvalue weighted by Gasteiger charge is 2.18. The first-order chi connectivity index (χ1) is 10.4. The maximum absolute atomic E-state index is 10.9. The monoisotopic (exact) mass is 296 g/mol. The lowest BCUT2D eigenvalue weighted by molar-refractivity contribution is -0.118. The van der Waals surface area contributed by atoms with E-state index in [0.717, 1.165) is 23.2 Å². The van der Waals surface area contributed by atoms with Crippen LogP contribution in [-0.4, -0.2) is 11.9 Å². The van der Waals surface area contributed by atoms with E-state index in [1.54, 1.807) is 26.0 Å². The zero-order chi connectivity index (χ0) is 16.2. The van der Waals surface area contributed by atoms with Crippen LogP contribution in [0.25, 0.3) is 5.76 Å². The van der Waals surface area contributed by atoms with Gasteiger partial charge in [-0.3, -0.25) is 4.79 Å². The first-order valence-corrected chi connectivity index (χ1v) is 7.09. The number of carbonyl (C=O) groups is 1. The lowest BCUT2D eigenvalue weighted by Crippen LogP contribution is -2.29. The summed E-state index contributed by atoms with van der Waals surface area (Å²) in [7, 11) is 0. The maximum Gasteiger partial charge on any atom is 0.162 e. The highest BCUT2D eigenvalue weighted by molar-refractivity contribution is 5.63. The van der Waals surface area contributed by atoms with Crippen molar-refractivity contribution < 1.29 is 14.3 Å². The Hall–Kier alpha value is -2.55. The Labute approximate surface area is 131 Å². The molecule has 0 aliphatic rings. The summed E-state index contributed by atoms with van der Waals surface area (Å²) in [5.74, 6) is 1.98. The van der Waals surface area contributed by atoms with E-state index >= 15 is 0 Å². The molecule has 22 heavy (non-hydrogen) atoms. The number of rotatable bonds is 6. The standard InChI is InChI=1S/C19H20O3/c1-14-7-5-6-8-18(14)21-15(2)16-9-11-17(12-10-16)22-19(3,4)13-20/h5-13H,2H2,1,3-4H3.